The van der Waals surface area contributed by atoms with Crippen molar-refractivity contribution in [3.8, 4) is 0 Å². The zero-order chi connectivity index (χ0) is 19.2. The van der Waals surface area contributed by atoms with Crippen molar-refractivity contribution in [1.82, 2.24) is 15.0 Å². The lowest BCUT2D eigenvalue weighted by Crippen LogP contribution is -2.33. The van der Waals surface area contributed by atoms with Crippen molar-refractivity contribution in [2.45, 2.75) is 44.7 Å². The van der Waals surface area contributed by atoms with Gasteiger partial charge in [0.2, 0.25) is 0 Å². The zero-order valence-electron chi connectivity index (χ0n) is 14.1. The number of sulfone groups is 1. The maximum absolute atomic E-state index is 13.3. The third kappa shape index (κ3) is 3.87. The molecule has 7 nitrogen and oxygen atoms in total. The minimum absolute atomic E-state index is 0.0823. The van der Waals surface area contributed by atoms with Gasteiger partial charge in [0.15, 0.2) is 20.6 Å². The molecule has 25 heavy (non-hydrogen) atoms. The molecule has 0 saturated carbocycles. The molecule has 0 fully saturated rings. The molecule has 1 aliphatic heterocycles. The van der Waals surface area contributed by atoms with Crippen molar-refractivity contribution in [1.29, 1.82) is 0 Å². The highest BCUT2D eigenvalue weighted by Gasteiger charge is 2.40. The Morgan fingerprint density at radius 3 is 2.40 bits per heavy atom. The lowest BCUT2D eigenvalue weighted by molar-refractivity contribution is -0.142. The van der Waals surface area contributed by atoms with Gasteiger partial charge in [-0.2, -0.15) is 13.2 Å². The van der Waals surface area contributed by atoms with Crippen LogP contribution in [0.15, 0.2) is 15.9 Å². The van der Waals surface area contributed by atoms with Gasteiger partial charge in [-0.15, -0.1) is 0 Å². The van der Waals surface area contributed by atoms with E-state index >= 15 is 0 Å². The highest BCUT2D eigenvalue weighted by Crippen LogP contribution is 2.31. The van der Waals surface area contributed by atoms with Crippen LogP contribution in [0.4, 0.5) is 13.2 Å². The molecule has 2 heterocycles. The first-order valence-corrected chi connectivity index (χ1v) is 8.99. The van der Waals surface area contributed by atoms with Gasteiger partial charge < -0.3 is 0 Å². The molecular weight excluding hydrogens is 363 g/mol. The average molecular weight is 381 g/mol. The molecule has 0 atom stereocenters. The van der Waals surface area contributed by atoms with Gasteiger partial charge in [-0.3, -0.25) is 19.7 Å². The van der Waals surface area contributed by atoms with Crippen LogP contribution < -0.4 is 11.0 Å². The van der Waals surface area contributed by atoms with Gasteiger partial charge in [-0.1, -0.05) is 6.92 Å². The summed E-state index contributed by atoms with van der Waals surface area (Å²) in [4.78, 5) is 20.8. The van der Waals surface area contributed by atoms with E-state index in [9.17, 15) is 26.4 Å². The van der Waals surface area contributed by atoms with Crippen LogP contribution in [0.5, 0.6) is 0 Å². The van der Waals surface area contributed by atoms with E-state index in [2.05, 4.69) is 10.5 Å². The van der Waals surface area contributed by atoms with Gasteiger partial charge in [0.05, 0.1) is 11.3 Å². The summed E-state index contributed by atoms with van der Waals surface area (Å²) in [5.41, 5.74) is -2.19. The van der Waals surface area contributed by atoms with E-state index in [1.807, 2.05) is 0 Å². The normalized spacial score (nSPS) is 17.3. The maximum atomic E-state index is 13.3. The number of nitrogens with zero attached hydrogens (tertiary/aromatic N) is 2. The van der Waals surface area contributed by atoms with Crippen LogP contribution in [0.3, 0.4) is 0 Å². The van der Waals surface area contributed by atoms with E-state index in [0.29, 0.717) is 0 Å². The fraction of sp³-hybridized carbons (Fsp3) is 0.571. The van der Waals surface area contributed by atoms with E-state index in [0.717, 1.165) is 4.57 Å². The van der Waals surface area contributed by atoms with Crippen LogP contribution in [0.1, 0.15) is 37.9 Å². The monoisotopic (exact) mass is 381 g/mol. The number of hydrogen-bond donors (Lipinski definition) is 1. The Bertz CT molecular complexity index is 886. The first-order chi connectivity index (χ1) is 11.3. The molecule has 0 spiro atoms. The van der Waals surface area contributed by atoms with Crippen molar-refractivity contribution in [3.05, 3.63) is 38.5 Å². The predicted octanol–water partition coefficient (Wildman–Crippen LogP) is 1.43. The van der Waals surface area contributed by atoms with Crippen LogP contribution >= 0.6 is 0 Å². The summed E-state index contributed by atoms with van der Waals surface area (Å²) in [6.45, 7) is 4.69. The smallest absolute Gasteiger partial charge is 0.300 e. The number of hydrogen-bond acceptors (Lipinski definition) is 6. The average Bonchev–Trinajstić information content (AvgIpc) is 2.84. The Morgan fingerprint density at radius 1 is 1.36 bits per heavy atom. The molecule has 1 aromatic rings. The topological polar surface area (TPSA) is 90.3 Å². The molecule has 0 radical (unpaired) electrons. The van der Waals surface area contributed by atoms with Crippen LogP contribution in [0, 0.1) is 0 Å². The third-order valence-corrected chi connectivity index (χ3v) is 5.16. The number of hydroxylamine groups is 1. The SMILES string of the molecule is CCc1nc(C(F)(F)F)c(CS(=O)(=O)C2=CC(C)(C)ON2)c(=O)n1C. The van der Waals surface area contributed by atoms with Crippen molar-refractivity contribution >= 4 is 9.84 Å². The van der Waals surface area contributed by atoms with Crippen molar-refractivity contribution in [2.75, 3.05) is 0 Å². The van der Waals surface area contributed by atoms with E-state index in [1.165, 1.54) is 13.1 Å². The summed E-state index contributed by atoms with van der Waals surface area (Å²) < 4.78 is 65.7. The molecule has 1 aromatic heterocycles. The highest BCUT2D eigenvalue weighted by atomic mass is 32.2. The van der Waals surface area contributed by atoms with Crippen LogP contribution in [0.2, 0.25) is 0 Å². The Morgan fingerprint density at radius 2 is 1.96 bits per heavy atom. The lowest BCUT2D eigenvalue weighted by atomic mass is 10.1. The largest absolute Gasteiger partial charge is 0.433 e. The fourth-order valence-electron chi connectivity index (χ4n) is 2.35. The predicted molar refractivity (Wildman–Crippen MR) is 82.9 cm³/mol. The summed E-state index contributed by atoms with van der Waals surface area (Å²) in [5.74, 6) is -1.22. The molecule has 0 amide bonds. The minimum Gasteiger partial charge on any atom is -0.300 e. The molecule has 2 rings (SSSR count). The van der Waals surface area contributed by atoms with Crippen molar-refractivity contribution in [3.63, 3.8) is 0 Å². The second kappa shape index (κ2) is 6.13. The Hall–Kier alpha value is -1.88. The van der Waals surface area contributed by atoms with Gasteiger partial charge in [0.1, 0.15) is 11.4 Å². The highest BCUT2D eigenvalue weighted by molar-refractivity contribution is 7.94. The standard InChI is InChI=1S/C14H18F3N3O4S/c1-5-9-18-11(14(15,16)17)8(12(21)20(9)4)7-25(22,23)10-6-13(2,3)24-19-10/h6,19H,5,7H2,1-4H3. The quantitative estimate of drug-likeness (QED) is 0.849. The Labute approximate surface area is 142 Å². The number of alkyl halides is 3. The molecule has 0 aromatic carbocycles. The molecule has 11 heteroatoms. The lowest BCUT2D eigenvalue weighted by Gasteiger charge is -2.15. The third-order valence-electron chi connectivity index (χ3n) is 3.62. The maximum Gasteiger partial charge on any atom is 0.433 e. The minimum atomic E-state index is -4.95. The fourth-order valence-corrected chi connectivity index (χ4v) is 3.78. The molecule has 1 N–H and O–H groups in total. The van der Waals surface area contributed by atoms with Gasteiger partial charge in [0.25, 0.3) is 5.56 Å². The molecule has 1 aliphatic rings. The van der Waals surface area contributed by atoms with Crippen LogP contribution in [0.25, 0.3) is 0 Å². The Kier molecular flexibility index (Phi) is 4.77. The number of aryl methyl sites for hydroxylation is 1. The molecule has 0 aliphatic carbocycles. The van der Waals surface area contributed by atoms with E-state index < -0.39 is 44.2 Å². The van der Waals surface area contributed by atoms with Gasteiger partial charge >= 0.3 is 6.18 Å². The van der Waals surface area contributed by atoms with E-state index in [-0.39, 0.29) is 17.3 Å². The number of nitrogens with one attached hydrogen (secondary N) is 1. The Balaban J connectivity index is 2.60. The number of rotatable bonds is 4. The molecule has 0 unspecified atom stereocenters. The second-order valence-electron chi connectivity index (χ2n) is 6.15. The van der Waals surface area contributed by atoms with Crippen molar-refractivity contribution in [2.24, 2.45) is 7.05 Å². The first-order valence-electron chi connectivity index (χ1n) is 7.34. The summed E-state index contributed by atoms with van der Waals surface area (Å²) in [5, 5.41) is -0.382. The van der Waals surface area contributed by atoms with E-state index in [1.54, 1.807) is 20.8 Å². The van der Waals surface area contributed by atoms with Crippen LogP contribution in [-0.2, 0) is 40.1 Å². The summed E-state index contributed by atoms with van der Waals surface area (Å²) in [6.07, 6.45) is -3.63. The van der Waals surface area contributed by atoms with Gasteiger partial charge in [0, 0.05) is 13.5 Å². The van der Waals surface area contributed by atoms with E-state index in [4.69, 9.17) is 4.84 Å². The van der Waals surface area contributed by atoms with Gasteiger partial charge in [-0.05, 0) is 19.9 Å². The zero-order valence-corrected chi connectivity index (χ0v) is 14.9. The molecule has 0 saturated heterocycles. The molecule has 140 valence electrons. The summed E-state index contributed by atoms with van der Waals surface area (Å²) >= 11 is 0. The summed E-state index contributed by atoms with van der Waals surface area (Å²) in [7, 11) is -3.00. The summed E-state index contributed by atoms with van der Waals surface area (Å²) in [6, 6.07) is 0. The molecule has 0 bridgehead atoms. The molecular formula is C14H18F3N3O4S. The van der Waals surface area contributed by atoms with Gasteiger partial charge in [-0.25, -0.2) is 13.4 Å². The first kappa shape index (κ1) is 19.4. The number of aromatic nitrogens is 2. The number of halogens is 3. The van der Waals surface area contributed by atoms with Crippen molar-refractivity contribution < 1.29 is 26.4 Å². The second-order valence-corrected chi connectivity index (χ2v) is 8.10. The van der Waals surface area contributed by atoms with Crippen LogP contribution in [-0.4, -0.2) is 23.6 Å².